The first-order valence-corrected chi connectivity index (χ1v) is 9.14. The molecule has 20 heavy (non-hydrogen) atoms. The quantitative estimate of drug-likeness (QED) is 0.898. The molecule has 1 aromatic carbocycles. The largest absolute Gasteiger partial charge is 0.379 e. The van der Waals surface area contributed by atoms with Crippen LogP contribution < -0.4 is 5.32 Å². The Kier molecular flexibility index (Phi) is 3.69. The normalized spacial score (nSPS) is 27.5. The molecule has 2 aliphatic heterocycles. The lowest BCUT2D eigenvalue weighted by Gasteiger charge is -2.28. The third-order valence-electron chi connectivity index (χ3n) is 4.29. The number of rotatable bonds is 3. The van der Waals surface area contributed by atoms with Crippen molar-refractivity contribution >= 4 is 25.8 Å². The number of hydrogen-bond donors (Lipinski definition) is 1. The molecule has 0 saturated carbocycles. The first-order valence-electron chi connectivity index (χ1n) is 6.80. The second-order valence-electron chi connectivity index (χ2n) is 5.71. The van der Waals surface area contributed by atoms with Crippen LogP contribution in [0, 0.1) is 0 Å². The van der Waals surface area contributed by atoms with Crippen LogP contribution in [0.15, 0.2) is 27.6 Å². The zero-order chi connectivity index (χ0) is 14.4. The molecule has 3 rings (SSSR count). The van der Waals surface area contributed by atoms with Gasteiger partial charge < -0.3 is 10.1 Å². The van der Waals surface area contributed by atoms with Gasteiger partial charge in [-0.15, -0.1) is 0 Å². The molecule has 1 unspecified atom stereocenters. The highest BCUT2D eigenvalue weighted by Crippen LogP contribution is 2.35. The van der Waals surface area contributed by atoms with E-state index in [9.17, 15) is 8.42 Å². The van der Waals surface area contributed by atoms with Crippen LogP contribution in [0.4, 0.5) is 0 Å². The van der Waals surface area contributed by atoms with Crippen molar-refractivity contribution < 1.29 is 13.2 Å². The molecule has 6 heteroatoms. The van der Waals surface area contributed by atoms with Gasteiger partial charge in [-0.25, -0.2) is 8.42 Å². The average Bonchev–Trinajstić information content (AvgIpc) is 2.74. The maximum Gasteiger partial charge on any atom is 0.186 e. The Morgan fingerprint density at radius 1 is 1.40 bits per heavy atom. The van der Waals surface area contributed by atoms with Crippen LogP contribution in [0.3, 0.4) is 0 Å². The minimum Gasteiger partial charge on any atom is -0.379 e. The van der Waals surface area contributed by atoms with Gasteiger partial charge in [-0.1, -0.05) is 6.07 Å². The first kappa shape index (κ1) is 14.5. The van der Waals surface area contributed by atoms with E-state index in [1.54, 1.807) is 6.07 Å². The van der Waals surface area contributed by atoms with Crippen molar-refractivity contribution in [2.24, 2.45) is 0 Å². The SMILES string of the molecule is CC1(c2ccc(S(=O)(=O)C3COC3)c(Br)c2)CCCN1. The molecule has 0 bridgehead atoms. The Balaban J connectivity index is 1.95. The van der Waals surface area contributed by atoms with Gasteiger partial charge in [0.05, 0.1) is 18.1 Å². The van der Waals surface area contributed by atoms with E-state index in [1.165, 1.54) is 0 Å². The Hall–Kier alpha value is -0.430. The third kappa shape index (κ3) is 2.32. The van der Waals surface area contributed by atoms with E-state index in [0.717, 1.165) is 24.9 Å². The van der Waals surface area contributed by atoms with Gasteiger partial charge in [-0.3, -0.25) is 0 Å². The topological polar surface area (TPSA) is 55.4 Å². The summed E-state index contributed by atoms with van der Waals surface area (Å²) in [5.74, 6) is 0. The van der Waals surface area contributed by atoms with Gasteiger partial charge in [-0.2, -0.15) is 0 Å². The molecule has 2 heterocycles. The summed E-state index contributed by atoms with van der Waals surface area (Å²) in [6, 6.07) is 5.58. The molecular formula is C14H18BrNO3S. The van der Waals surface area contributed by atoms with Gasteiger partial charge >= 0.3 is 0 Å². The van der Waals surface area contributed by atoms with Gasteiger partial charge in [0.15, 0.2) is 9.84 Å². The summed E-state index contributed by atoms with van der Waals surface area (Å²) in [5, 5.41) is 3.09. The van der Waals surface area contributed by atoms with Crippen molar-refractivity contribution in [1.82, 2.24) is 5.32 Å². The summed E-state index contributed by atoms with van der Waals surface area (Å²) in [4.78, 5) is 0.371. The molecule has 4 nitrogen and oxygen atoms in total. The first-order chi connectivity index (χ1) is 9.43. The molecule has 1 atom stereocenters. The molecule has 2 aliphatic rings. The van der Waals surface area contributed by atoms with E-state index in [-0.39, 0.29) is 5.54 Å². The molecule has 0 aromatic heterocycles. The zero-order valence-electron chi connectivity index (χ0n) is 11.4. The molecule has 2 fully saturated rings. The maximum atomic E-state index is 12.4. The standard InChI is InChI=1S/C14H18BrNO3S/c1-14(5-2-6-16-14)10-3-4-13(12(15)7-10)20(17,18)11-8-19-9-11/h3-4,7,11,16H,2,5-6,8-9H2,1H3. The van der Waals surface area contributed by atoms with Crippen molar-refractivity contribution in [1.29, 1.82) is 0 Å². The number of halogens is 1. The summed E-state index contributed by atoms with van der Waals surface area (Å²) >= 11 is 3.43. The van der Waals surface area contributed by atoms with Crippen LogP contribution in [-0.4, -0.2) is 33.4 Å². The number of benzene rings is 1. The fraction of sp³-hybridized carbons (Fsp3) is 0.571. The Morgan fingerprint density at radius 2 is 2.15 bits per heavy atom. The molecule has 110 valence electrons. The molecule has 1 aromatic rings. The summed E-state index contributed by atoms with van der Waals surface area (Å²) in [6.07, 6.45) is 2.22. The molecule has 0 amide bonds. The van der Waals surface area contributed by atoms with Crippen molar-refractivity contribution in [3.8, 4) is 0 Å². The monoisotopic (exact) mass is 359 g/mol. The van der Waals surface area contributed by atoms with E-state index in [0.29, 0.717) is 22.6 Å². The van der Waals surface area contributed by atoms with E-state index in [1.807, 2.05) is 12.1 Å². The summed E-state index contributed by atoms with van der Waals surface area (Å²) in [7, 11) is -3.29. The highest BCUT2D eigenvalue weighted by molar-refractivity contribution is 9.10. The maximum absolute atomic E-state index is 12.4. The smallest absolute Gasteiger partial charge is 0.186 e. The number of ether oxygens (including phenoxy) is 1. The van der Waals surface area contributed by atoms with E-state index < -0.39 is 15.1 Å². The van der Waals surface area contributed by atoms with Crippen molar-refractivity contribution in [3.63, 3.8) is 0 Å². The van der Waals surface area contributed by atoms with Crippen LogP contribution in [0.1, 0.15) is 25.3 Å². The van der Waals surface area contributed by atoms with Gasteiger partial charge in [0.1, 0.15) is 5.25 Å². The Morgan fingerprint density at radius 3 is 2.65 bits per heavy atom. The fourth-order valence-corrected chi connectivity index (χ4v) is 5.34. The van der Waals surface area contributed by atoms with Crippen LogP contribution >= 0.6 is 15.9 Å². The van der Waals surface area contributed by atoms with Gasteiger partial charge in [0, 0.05) is 10.0 Å². The fourth-order valence-electron chi connectivity index (χ4n) is 2.79. The lowest BCUT2D eigenvalue weighted by atomic mass is 9.91. The van der Waals surface area contributed by atoms with E-state index in [2.05, 4.69) is 28.2 Å². The van der Waals surface area contributed by atoms with Crippen molar-refractivity contribution in [2.75, 3.05) is 19.8 Å². The molecule has 0 aliphatic carbocycles. The highest BCUT2D eigenvalue weighted by Gasteiger charge is 2.36. The van der Waals surface area contributed by atoms with E-state index >= 15 is 0 Å². The molecule has 1 N–H and O–H groups in total. The lowest BCUT2D eigenvalue weighted by molar-refractivity contribution is 0.0416. The summed E-state index contributed by atoms with van der Waals surface area (Å²) in [5.41, 5.74) is 1.08. The van der Waals surface area contributed by atoms with Crippen LogP contribution in [0.2, 0.25) is 0 Å². The average molecular weight is 360 g/mol. The van der Waals surface area contributed by atoms with Crippen molar-refractivity contribution in [2.45, 2.75) is 35.4 Å². The van der Waals surface area contributed by atoms with Crippen LogP contribution in [0.5, 0.6) is 0 Å². The molecular weight excluding hydrogens is 342 g/mol. The lowest BCUT2D eigenvalue weighted by Crippen LogP contribution is -2.40. The van der Waals surface area contributed by atoms with E-state index in [4.69, 9.17) is 4.74 Å². The van der Waals surface area contributed by atoms with Crippen molar-refractivity contribution in [3.05, 3.63) is 28.2 Å². The highest BCUT2D eigenvalue weighted by atomic mass is 79.9. The second-order valence-corrected chi connectivity index (χ2v) is 8.76. The Bertz CT molecular complexity index is 619. The molecule has 0 spiro atoms. The predicted molar refractivity (Wildman–Crippen MR) is 80.5 cm³/mol. The van der Waals surface area contributed by atoms with Crippen LogP contribution in [-0.2, 0) is 20.1 Å². The van der Waals surface area contributed by atoms with Gasteiger partial charge in [0.25, 0.3) is 0 Å². The third-order valence-corrected chi connectivity index (χ3v) is 7.33. The molecule has 0 radical (unpaired) electrons. The minimum absolute atomic E-state index is 0.0512. The summed E-state index contributed by atoms with van der Waals surface area (Å²) < 4.78 is 30.5. The number of hydrogen-bond acceptors (Lipinski definition) is 4. The van der Waals surface area contributed by atoms with Gasteiger partial charge in [0.2, 0.25) is 0 Å². The minimum atomic E-state index is -3.29. The second kappa shape index (κ2) is 5.09. The summed E-state index contributed by atoms with van der Waals surface area (Å²) in [6.45, 7) is 3.77. The zero-order valence-corrected chi connectivity index (χ0v) is 13.8. The van der Waals surface area contributed by atoms with Crippen LogP contribution in [0.25, 0.3) is 0 Å². The van der Waals surface area contributed by atoms with Gasteiger partial charge in [-0.05, 0) is 59.9 Å². The molecule has 2 saturated heterocycles. The number of sulfone groups is 1. The predicted octanol–water partition coefficient (Wildman–Crippen LogP) is 2.22. The number of nitrogens with one attached hydrogen (secondary N) is 1. The Labute approximate surface area is 127 Å².